The van der Waals surface area contributed by atoms with Crippen molar-refractivity contribution in [3.8, 4) is 103 Å². The first kappa shape index (κ1) is 70.5. The summed E-state index contributed by atoms with van der Waals surface area (Å²) in [5.74, 6) is -1.49. The molecule has 0 bridgehead atoms. The normalized spacial score (nSPS) is 11.2. The van der Waals surface area contributed by atoms with Crippen LogP contribution in [0.25, 0.3) is 113 Å². The van der Waals surface area contributed by atoms with E-state index >= 15 is 0 Å². The first-order chi connectivity index (χ1) is 51.7. The molecule has 16 rings (SSSR count). The summed E-state index contributed by atoms with van der Waals surface area (Å²) in [4.78, 5) is 75.2. The molecule has 0 aliphatic heterocycles. The van der Waals surface area contributed by atoms with Crippen LogP contribution in [-0.4, -0.2) is 117 Å². The summed E-state index contributed by atoms with van der Waals surface area (Å²) in [5, 5.41) is 34.6. The lowest BCUT2D eigenvalue weighted by molar-refractivity contribution is -0.141. The lowest BCUT2D eigenvalue weighted by Crippen LogP contribution is -2.11. The van der Waals surface area contributed by atoms with Gasteiger partial charge in [0, 0.05) is 77.5 Å². The van der Waals surface area contributed by atoms with Gasteiger partial charge in [-0.25, -0.2) is 62.1 Å². The SMILES string of the molecule is CCOC(=O)c1cnn2ccc(-c3cccnc3-c3cccc(C(F)(F)F)n3)nc12.Cc1cccc(-c2ncccc2-c2ccn3ncc(C(N)=O)c3n2)n1.Cc1nc(-c2ncccc2-c2ccn3ncc(C#N)c3n2)ccc1F.N#Cc1cnn2ccc(-c3cccnc3-c3cccc(C(F)(F)F)n3)nc12. The Kier molecular flexibility index (Phi) is 19.8. The number of amides is 1. The molecule has 0 aromatic carbocycles. The molecule has 0 spiro atoms. The van der Waals surface area contributed by atoms with Crippen molar-refractivity contribution in [3.05, 3.63) is 265 Å². The van der Waals surface area contributed by atoms with Crippen molar-refractivity contribution in [1.29, 1.82) is 10.5 Å². The number of alkyl halides is 6. The summed E-state index contributed by atoms with van der Waals surface area (Å²) in [5.41, 5.74) is 15.2. The fraction of sp³-hybridized carbons (Fsp3) is 0.0811. The fourth-order valence-electron chi connectivity index (χ4n) is 10.8. The van der Waals surface area contributed by atoms with Crippen molar-refractivity contribution in [2.45, 2.75) is 33.1 Å². The molecule has 0 saturated heterocycles. The standard InChI is InChI=1S/C20H14F3N5O2.C18H9F3N6.C18H11FN6.C18H14N6O/c1-2-30-19(29)13-11-25-28-10-8-14(27-18(13)28)12-5-4-9-24-17(12)15-6-3-7-16(26-15)20(21,22)23;19-18(20,21)15-5-1-4-14(25-15)16-12(3-2-7-23-16)13-6-8-27-17(26-13)11(9-22)10-24-27;1-11-14(19)4-5-16(23-11)17-13(3-2-7-21-17)15-6-8-25-18(24-15)12(9-20)10-22-25;1-11-4-2-6-15(22-11)16-12(5-3-8-20-16)14-7-9-24-18(23-14)13(10-21-24)17(19)25/h3-11H,2H2,1H3;1-8,10H;2-8,10H,1H3;2-10H,1H3,(H2,19,25). The third kappa shape index (κ3) is 15.1. The maximum Gasteiger partial charge on any atom is 0.433 e. The molecule has 0 radical (unpaired) electrons. The Bertz CT molecular complexity index is 6160. The first-order valence-electron chi connectivity index (χ1n) is 31.8. The van der Waals surface area contributed by atoms with E-state index < -0.39 is 35.6 Å². The molecular weight excluding hydrogens is 1390 g/mol. The van der Waals surface area contributed by atoms with Gasteiger partial charge in [-0.1, -0.05) is 18.2 Å². The Hall–Kier alpha value is -14.9. The van der Waals surface area contributed by atoms with Gasteiger partial charge in [-0.2, -0.15) is 57.3 Å². The highest BCUT2D eigenvalue weighted by Crippen LogP contribution is 2.36. The van der Waals surface area contributed by atoms with Crippen LogP contribution >= 0.6 is 0 Å². The van der Waals surface area contributed by atoms with Crippen LogP contribution in [0.4, 0.5) is 30.7 Å². The van der Waals surface area contributed by atoms with Crippen LogP contribution in [0, 0.1) is 42.3 Å². The molecule has 1 amide bonds. The second-order valence-corrected chi connectivity index (χ2v) is 22.7. The number of nitrogens with zero attached hydrogens (tertiary/aromatic N) is 22. The molecule has 0 aliphatic carbocycles. The van der Waals surface area contributed by atoms with Crippen LogP contribution in [0.3, 0.4) is 0 Å². The van der Waals surface area contributed by atoms with Crippen molar-refractivity contribution in [3.63, 3.8) is 0 Å². The van der Waals surface area contributed by atoms with Gasteiger partial charge < -0.3 is 10.5 Å². The topological polar surface area (TPSA) is 341 Å². The number of ether oxygens (including phenoxy) is 1. The molecular formula is C74H48F7N23O3. The van der Waals surface area contributed by atoms with Crippen molar-refractivity contribution in [2.75, 3.05) is 6.61 Å². The minimum absolute atomic E-state index is 0.0567. The average Bonchev–Trinajstić information content (AvgIpc) is 1.78. The fourth-order valence-corrected chi connectivity index (χ4v) is 10.8. The number of rotatable bonds is 11. The van der Waals surface area contributed by atoms with Crippen molar-refractivity contribution in [1.82, 2.24) is 98.3 Å². The number of fused-ring (bicyclic) bond motifs is 4. The second kappa shape index (κ2) is 30.0. The van der Waals surface area contributed by atoms with Gasteiger partial charge in [0.05, 0.1) is 105 Å². The molecule has 2 N–H and O–H groups in total. The number of pyridine rings is 8. The number of nitrogens with two attached hydrogens (primary N) is 1. The van der Waals surface area contributed by atoms with Gasteiger partial charge in [0.15, 0.2) is 22.6 Å². The Morgan fingerprint density at radius 2 is 0.794 bits per heavy atom. The first-order valence-corrected chi connectivity index (χ1v) is 31.8. The van der Waals surface area contributed by atoms with Gasteiger partial charge >= 0.3 is 18.3 Å². The van der Waals surface area contributed by atoms with E-state index in [2.05, 4.69) is 86.3 Å². The van der Waals surface area contributed by atoms with Gasteiger partial charge in [-0.3, -0.25) is 29.7 Å². The number of hydrogen-bond acceptors (Lipinski definition) is 21. The smallest absolute Gasteiger partial charge is 0.433 e. The number of nitriles is 2. The molecule has 0 saturated carbocycles. The molecule has 16 aromatic rings. The summed E-state index contributed by atoms with van der Waals surface area (Å²) in [7, 11) is 0. The highest BCUT2D eigenvalue weighted by Gasteiger charge is 2.34. The highest BCUT2D eigenvalue weighted by molar-refractivity contribution is 5.99. The van der Waals surface area contributed by atoms with Gasteiger partial charge in [-0.05, 0) is 142 Å². The molecule has 0 atom stereocenters. The predicted molar refractivity (Wildman–Crippen MR) is 371 cm³/mol. The molecule has 16 heterocycles. The molecule has 526 valence electrons. The van der Waals surface area contributed by atoms with Crippen LogP contribution in [0.2, 0.25) is 0 Å². The number of aryl methyl sites for hydroxylation is 2. The lowest BCUT2D eigenvalue weighted by atomic mass is 10.1. The zero-order valence-corrected chi connectivity index (χ0v) is 55.7. The van der Waals surface area contributed by atoms with E-state index in [4.69, 9.17) is 15.7 Å². The van der Waals surface area contributed by atoms with E-state index in [0.717, 1.165) is 40.3 Å². The Morgan fingerprint density at radius 1 is 0.430 bits per heavy atom. The van der Waals surface area contributed by atoms with E-state index in [1.807, 2.05) is 55.5 Å². The number of carbonyl (C=O) groups excluding carboxylic acids is 2. The van der Waals surface area contributed by atoms with Crippen LogP contribution in [-0.2, 0) is 17.1 Å². The van der Waals surface area contributed by atoms with Gasteiger partial charge in [0.2, 0.25) is 0 Å². The third-order valence-electron chi connectivity index (χ3n) is 15.8. The van der Waals surface area contributed by atoms with Crippen LogP contribution in [0.1, 0.15) is 61.5 Å². The Balaban J connectivity index is 0.000000126. The van der Waals surface area contributed by atoms with E-state index in [-0.39, 0.29) is 52.0 Å². The number of carbonyl (C=O) groups is 2. The highest BCUT2D eigenvalue weighted by atomic mass is 19.4. The van der Waals surface area contributed by atoms with Gasteiger partial charge in [0.25, 0.3) is 5.91 Å². The lowest BCUT2D eigenvalue weighted by Gasteiger charge is -2.11. The third-order valence-corrected chi connectivity index (χ3v) is 15.8. The number of esters is 1. The Labute approximate surface area is 598 Å². The molecule has 0 unspecified atom stereocenters. The zero-order valence-electron chi connectivity index (χ0n) is 55.7. The number of halogens is 7. The van der Waals surface area contributed by atoms with E-state index in [9.17, 15) is 45.6 Å². The molecule has 16 aromatic heterocycles. The second-order valence-electron chi connectivity index (χ2n) is 22.7. The maximum atomic E-state index is 13.5. The Morgan fingerprint density at radius 3 is 1.18 bits per heavy atom. The van der Waals surface area contributed by atoms with Gasteiger partial charge in [0.1, 0.15) is 51.6 Å². The van der Waals surface area contributed by atoms with E-state index in [1.54, 1.807) is 110 Å². The summed E-state index contributed by atoms with van der Waals surface area (Å²) in [6.07, 6.45) is 9.49. The molecule has 26 nitrogen and oxygen atoms in total. The summed E-state index contributed by atoms with van der Waals surface area (Å²) in [6, 6.07) is 41.0. The average molecular weight is 1440 g/mol. The van der Waals surface area contributed by atoms with E-state index in [1.165, 1.54) is 81.1 Å². The monoisotopic (exact) mass is 1440 g/mol. The quantitative estimate of drug-likeness (QED) is 0.0928. The van der Waals surface area contributed by atoms with E-state index in [0.29, 0.717) is 79.1 Å². The van der Waals surface area contributed by atoms with Crippen molar-refractivity contribution in [2.24, 2.45) is 5.73 Å². The molecule has 33 heteroatoms. The predicted octanol–water partition coefficient (Wildman–Crippen LogP) is 13.2. The van der Waals surface area contributed by atoms with Crippen LogP contribution in [0.15, 0.2) is 214 Å². The molecule has 107 heavy (non-hydrogen) atoms. The van der Waals surface area contributed by atoms with Crippen molar-refractivity contribution < 1.29 is 45.1 Å². The van der Waals surface area contributed by atoms with Crippen LogP contribution in [0.5, 0.6) is 0 Å². The summed E-state index contributed by atoms with van der Waals surface area (Å²) < 4.78 is 103. The largest absolute Gasteiger partial charge is 0.462 e. The number of hydrogen-bond donors (Lipinski definition) is 1. The number of aromatic nitrogens is 20. The molecule has 0 fully saturated rings. The summed E-state index contributed by atoms with van der Waals surface area (Å²) in [6.45, 7) is 5.43. The molecule has 0 aliphatic rings. The maximum absolute atomic E-state index is 13.5. The van der Waals surface area contributed by atoms with Crippen LogP contribution < -0.4 is 5.73 Å². The summed E-state index contributed by atoms with van der Waals surface area (Å²) >= 11 is 0. The minimum Gasteiger partial charge on any atom is -0.462 e. The minimum atomic E-state index is -4.58. The van der Waals surface area contributed by atoms with Crippen molar-refractivity contribution >= 4 is 34.5 Å². The zero-order chi connectivity index (χ0) is 75.1. The number of primary amides is 1. The van der Waals surface area contributed by atoms with Gasteiger partial charge in [-0.15, -0.1) is 0 Å².